The standard InChI is InChI=1S/C15H22ClNO3S/c1-4-17(12(3)11-21(19,20)5-2)15(18)10-13-8-6-7-9-14(13)16/h6-9,12H,4-5,10-11H2,1-3H3/t12-/m1/s1. The Morgan fingerprint density at radius 1 is 1.29 bits per heavy atom. The van der Waals surface area contributed by atoms with Crippen LogP contribution in [0.2, 0.25) is 5.02 Å². The molecule has 0 spiro atoms. The monoisotopic (exact) mass is 331 g/mol. The normalized spacial score (nSPS) is 13.0. The Kier molecular flexibility index (Phi) is 6.68. The first-order valence-electron chi connectivity index (χ1n) is 7.04. The van der Waals surface area contributed by atoms with Crippen LogP contribution in [0, 0.1) is 0 Å². The fourth-order valence-electron chi connectivity index (χ4n) is 2.22. The number of hydrogen-bond acceptors (Lipinski definition) is 3. The van der Waals surface area contributed by atoms with Crippen LogP contribution in [-0.2, 0) is 21.1 Å². The summed E-state index contributed by atoms with van der Waals surface area (Å²) in [6.07, 6.45) is 0.185. The Hall–Kier alpha value is -1.07. The SMILES string of the molecule is CCN(C(=O)Cc1ccccc1Cl)[C@H](C)CS(=O)(=O)CC. The van der Waals surface area contributed by atoms with Crippen LogP contribution < -0.4 is 0 Å². The summed E-state index contributed by atoms with van der Waals surface area (Å²) in [6, 6.07) is 6.85. The first kappa shape index (κ1) is 18.0. The zero-order valence-corrected chi connectivity index (χ0v) is 14.2. The molecule has 0 N–H and O–H groups in total. The van der Waals surface area contributed by atoms with E-state index in [9.17, 15) is 13.2 Å². The van der Waals surface area contributed by atoms with Crippen LogP contribution in [0.5, 0.6) is 0 Å². The smallest absolute Gasteiger partial charge is 0.227 e. The molecule has 0 saturated carbocycles. The summed E-state index contributed by atoms with van der Waals surface area (Å²) in [7, 11) is -3.11. The molecule has 0 saturated heterocycles. The summed E-state index contributed by atoms with van der Waals surface area (Å²) in [6.45, 7) is 5.70. The largest absolute Gasteiger partial charge is 0.339 e. The van der Waals surface area contributed by atoms with Crippen molar-refractivity contribution in [2.75, 3.05) is 18.1 Å². The van der Waals surface area contributed by atoms with Gasteiger partial charge in [0.15, 0.2) is 9.84 Å². The molecule has 1 atom stereocenters. The van der Waals surface area contributed by atoms with Crippen LogP contribution in [0.1, 0.15) is 26.3 Å². The van der Waals surface area contributed by atoms with Gasteiger partial charge in [-0.15, -0.1) is 0 Å². The fraction of sp³-hybridized carbons (Fsp3) is 0.533. The summed E-state index contributed by atoms with van der Waals surface area (Å²) < 4.78 is 23.4. The van der Waals surface area contributed by atoms with Crippen LogP contribution in [0.3, 0.4) is 0 Å². The summed E-state index contributed by atoms with van der Waals surface area (Å²) in [4.78, 5) is 14.0. The number of sulfone groups is 1. The highest BCUT2D eigenvalue weighted by Gasteiger charge is 2.23. The second kappa shape index (κ2) is 7.80. The molecule has 1 rings (SSSR count). The van der Waals surface area contributed by atoms with Gasteiger partial charge in [0, 0.05) is 23.4 Å². The lowest BCUT2D eigenvalue weighted by atomic mass is 10.1. The van der Waals surface area contributed by atoms with Crippen molar-refractivity contribution in [3.05, 3.63) is 34.9 Å². The van der Waals surface area contributed by atoms with E-state index in [1.807, 2.05) is 25.1 Å². The van der Waals surface area contributed by atoms with Gasteiger partial charge < -0.3 is 4.90 Å². The summed E-state index contributed by atoms with van der Waals surface area (Å²) in [5.41, 5.74) is 0.758. The van der Waals surface area contributed by atoms with E-state index in [4.69, 9.17) is 11.6 Å². The molecule has 0 aliphatic heterocycles. The second-order valence-corrected chi connectivity index (χ2v) is 7.80. The van der Waals surface area contributed by atoms with Gasteiger partial charge in [-0.05, 0) is 25.5 Å². The number of carbonyl (C=O) groups excluding carboxylic acids is 1. The summed E-state index contributed by atoms with van der Waals surface area (Å²) in [5, 5.41) is 0.552. The van der Waals surface area contributed by atoms with E-state index in [1.54, 1.807) is 24.8 Å². The maximum atomic E-state index is 12.4. The van der Waals surface area contributed by atoms with Crippen molar-refractivity contribution in [1.82, 2.24) is 4.90 Å². The molecule has 1 aromatic carbocycles. The maximum absolute atomic E-state index is 12.4. The highest BCUT2D eigenvalue weighted by atomic mass is 35.5. The lowest BCUT2D eigenvalue weighted by molar-refractivity contribution is -0.131. The van der Waals surface area contributed by atoms with Crippen LogP contribution in [0.25, 0.3) is 0 Å². The van der Waals surface area contributed by atoms with Crippen LogP contribution in [0.4, 0.5) is 0 Å². The number of carbonyl (C=O) groups is 1. The third kappa shape index (κ3) is 5.32. The van der Waals surface area contributed by atoms with Gasteiger partial charge in [-0.3, -0.25) is 4.79 Å². The van der Waals surface area contributed by atoms with Gasteiger partial charge in [0.25, 0.3) is 0 Å². The van der Waals surface area contributed by atoms with E-state index in [2.05, 4.69) is 0 Å². The van der Waals surface area contributed by atoms with Gasteiger partial charge in [-0.2, -0.15) is 0 Å². The van der Waals surface area contributed by atoms with Gasteiger partial charge in [0.05, 0.1) is 12.2 Å². The molecule has 118 valence electrons. The third-order valence-corrected chi connectivity index (χ3v) is 5.67. The van der Waals surface area contributed by atoms with Crippen molar-refractivity contribution in [3.8, 4) is 0 Å². The zero-order chi connectivity index (χ0) is 16.0. The van der Waals surface area contributed by atoms with Gasteiger partial charge >= 0.3 is 0 Å². The Bertz CT molecular complexity index is 586. The molecule has 0 aliphatic carbocycles. The third-order valence-electron chi connectivity index (χ3n) is 3.43. The molecular weight excluding hydrogens is 310 g/mol. The predicted octanol–water partition coefficient (Wildman–Crippen LogP) is 2.55. The number of halogens is 1. The van der Waals surface area contributed by atoms with Crippen LogP contribution in [-0.4, -0.2) is 43.3 Å². The van der Waals surface area contributed by atoms with Crippen molar-refractivity contribution in [2.24, 2.45) is 0 Å². The van der Waals surface area contributed by atoms with E-state index in [1.165, 1.54) is 0 Å². The number of hydrogen-bond donors (Lipinski definition) is 0. The van der Waals surface area contributed by atoms with Crippen molar-refractivity contribution in [3.63, 3.8) is 0 Å². The molecule has 1 aromatic rings. The van der Waals surface area contributed by atoms with Crippen LogP contribution in [0.15, 0.2) is 24.3 Å². The lowest BCUT2D eigenvalue weighted by Crippen LogP contribution is -2.43. The van der Waals surface area contributed by atoms with Gasteiger partial charge in [-0.1, -0.05) is 36.7 Å². The molecule has 0 heterocycles. The molecule has 21 heavy (non-hydrogen) atoms. The molecule has 0 unspecified atom stereocenters. The molecule has 1 amide bonds. The van der Waals surface area contributed by atoms with E-state index in [0.717, 1.165) is 5.56 Å². The number of likely N-dealkylation sites (N-methyl/N-ethyl adjacent to an activating group) is 1. The van der Waals surface area contributed by atoms with Crippen molar-refractivity contribution >= 4 is 27.3 Å². The number of amides is 1. The molecule has 0 fully saturated rings. The Morgan fingerprint density at radius 3 is 2.43 bits per heavy atom. The van der Waals surface area contributed by atoms with E-state index in [-0.39, 0.29) is 29.9 Å². The number of rotatable bonds is 7. The molecule has 6 heteroatoms. The minimum atomic E-state index is -3.11. The molecular formula is C15H22ClNO3S. The Morgan fingerprint density at radius 2 is 1.90 bits per heavy atom. The molecule has 0 radical (unpaired) electrons. The Labute approximate surface area is 132 Å². The Balaban J connectivity index is 2.80. The first-order chi connectivity index (χ1) is 9.80. The van der Waals surface area contributed by atoms with Crippen molar-refractivity contribution in [2.45, 2.75) is 33.2 Å². The van der Waals surface area contributed by atoms with Crippen molar-refractivity contribution < 1.29 is 13.2 Å². The number of benzene rings is 1. The number of nitrogens with zero attached hydrogens (tertiary/aromatic N) is 1. The van der Waals surface area contributed by atoms with Crippen molar-refractivity contribution in [1.29, 1.82) is 0 Å². The topological polar surface area (TPSA) is 54.5 Å². The van der Waals surface area contributed by atoms with E-state index < -0.39 is 9.84 Å². The molecule has 0 aliphatic rings. The highest BCUT2D eigenvalue weighted by Crippen LogP contribution is 2.17. The average Bonchev–Trinajstić information content (AvgIpc) is 2.41. The molecule has 0 bridgehead atoms. The second-order valence-electron chi connectivity index (χ2n) is 5.00. The zero-order valence-electron chi connectivity index (χ0n) is 12.7. The van der Waals surface area contributed by atoms with Gasteiger partial charge in [0.1, 0.15) is 0 Å². The summed E-state index contributed by atoms with van der Waals surface area (Å²) in [5.74, 6) is -0.0245. The van der Waals surface area contributed by atoms with Crippen LogP contribution >= 0.6 is 11.6 Å². The first-order valence-corrected chi connectivity index (χ1v) is 9.24. The highest BCUT2D eigenvalue weighted by molar-refractivity contribution is 7.91. The maximum Gasteiger partial charge on any atom is 0.227 e. The average molecular weight is 332 g/mol. The molecule has 4 nitrogen and oxygen atoms in total. The summed E-state index contributed by atoms with van der Waals surface area (Å²) >= 11 is 6.06. The fourth-order valence-corrected chi connectivity index (χ4v) is 3.57. The molecule has 0 aromatic heterocycles. The lowest BCUT2D eigenvalue weighted by Gasteiger charge is -2.28. The predicted molar refractivity (Wildman–Crippen MR) is 86.3 cm³/mol. The minimum Gasteiger partial charge on any atom is -0.339 e. The minimum absolute atomic E-state index is 0.00833. The van der Waals surface area contributed by atoms with Gasteiger partial charge in [0.2, 0.25) is 5.91 Å². The van der Waals surface area contributed by atoms with E-state index in [0.29, 0.717) is 11.6 Å². The van der Waals surface area contributed by atoms with Gasteiger partial charge in [-0.25, -0.2) is 8.42 Å². The quantitative estimate of drug-likeness (QED) is 0.771. The van der Waals surface area contributed by atoms with E-state index >= 15 is 0 Å².